The van der Waals surface area contributed by atoms with Gasteiger partial charge in [-0.3, -0.25) is 14.5 Å². The number of unbranched alkanes of at least 4 members (excludes halogenated alkanes) is 7. The van der Waals surface area contributed by atoms with Crippen molar-refractivity contribution in [3.05, 3.63) is 71.9 Å². The third kappa shape index (κ3) is 5.67. The van der Waals surface area contributed by atoms with Crippen molar-refractivity contribution >= 4 is 23.1 Å². The molecule has 0 aliphatic carbocycles. The van der Waals surface area contributed by atoms with Gasteiger partial charge in [-0.1, -0.05) is 100 Å². The Labute approximate surface area is 192 Å². The molecule has 1 aliphatic rings. The first kappa shape index (κ1) is 23.8. The summed E-state index contributed by atoms with van der Waals surface area (Å²) in [6.07, 6.45) is 9.46. The Hall–Kier alpha value is -2.88. The highest BCUT2D eigenvalue weighted by Gasteiger charge is 2.41. The molecule has 0 spiro atoms. The molecule has 4 heteroatoms. The van der Waals surface area contributed by atoms with Gasteiger partial charge in [-0.25, -0.2) is 0 Å². The van der Waals surface area contributed by atoms with Gasteiger partial charge >= 0.3 is 0 Å². The summed E-state index contributed by atoms with van der Waals surface area (Å²) in [7, 11) is 0. The number of carbonyl (C=O) groups is 2. The topological polar surface area (TPSA) is 40.6 Å². The second-order valence-electron chi connectivity index (χ2n) is 8.41. The zero-order chi connectivity index (χ0) is 22.8. The normalized spacial score (nSPS) is 13.9. The van der Waals surface area contributed by atoms with Gasteiger partial charge in [0.2, 0.25) is 0 Å². The van der Waals surface area contributed by atoms with Gasteiger partial charge in [-0.15, -0.1) is 0 Å². The zero-order valence-electron chi connectivity index (χ0n) is 19.6. The maximum atomic E-state index is 13.5. The van der Waals surface area contributed by atoms with Crippen LogP contribution < -0.4 is 4.90 Å². The van der Waals surface area contributed by atoms with Crippen LogP contribution in [0.5, 0.6) is 0 Å². The van der Waals surface area contributed by atoms with Crippen molar-refractivity contribution in [1.29, 1.82) is 0 Å². The second-order valence-corrected chi connectivity index (χ2v) is 8.41. The molecule has 0 radical (unpaired) electrons. The van der Waals surface area contributed by atoms with Crippen molar-refractivity contribution in [1.82, 2.24) is 4.90 Å². The number of rotatable bonds is 13. The lowest BCUT2D eigenvalue weighted by atomic mass is 10.0. The van der Waals surface area contributed by atoms with Crippen LogP contribution >= 0.6 is 0 Å². The molecular formula is C28H36N2O2. The maximum Gasteiger partial charge on any atom is 0.278 e. The summed E-state index contributed by atoms with van der Waals surface area (Å²) in [5, 5.41) is 0. The standard InChI is InChI=1S/C28H36N2O2/c1-3-5-6-7-8-9-10-17-22-30-27(31)25(23-18-13-11-14-19-23)26(28(30)32)29(4-2)24-20-15-12-16-21-24/h11-16,18-21H,3-10,17,22H2,1-2H3. The Morgan fingerprint density at radius 2 is 1.25 bits per heavy atom. The van der Waals surface area contributed by atoms with Crippen molar-refractivity contribution in [2.45, 2.75) is 65.2 Å². The maximum absolute atomic E-state index is 13.5. The Kier molecular flexibility index (Phi) is 9.09. The van der Waals surface area contributed by atoms with Gasteiger partial charge in [0.25, 0.3) is 11.8 Å². The van der Waals surface area contributed by atoms with E-state index in [1.165, 1.54) is 37.0 Å². The number of likely N-dealkylation sites (N-methyl/N-ethyl adjacent to an activating group) is 1. The lowest BCUT2D eigenvalue weighted by Gasteiger charge is -2.25. The van der Waals surface area contributed by atoms with E-state index in [4.69, 9.17) is 0 Å². The fourth-order valence-electron chi connectivity index (χ4n) is 4.36. The summed E-state index contributed by atoms with van der Waals surface area (Å²) < 4.78 is 0. The molecule has 0 aromatic heterocycles. The monoisotopic (exact) mass is 432 g/mol. The van der Waals surface area contributed by atoms with E-state index >= 15 is 0 Å². The van der Waals surface area contributed by atoms with Gasteiger partial charge < -0.3 is 4.90 Å². The largest absolute Gasteiger partial charge is 0.337 e. The van der Waals surface area contributed by atoms with Crippen molar-refractivity contribution in [3.8, 4) is 0 Å². The Morgan fingerprint density at radius 3 is 1.84 bits per heavy atom. The number of hydrogen-bond acceptors (Lipinski definition) is 3. The minimum atomic E-state index is -0.178. The van der Waals surface area contributed by atoms with Gasteiger partial charge in [-0.05, 0) is 31.0 Å². The van der Waals surface area contributed by atoms with Crippen LogP contribution in [0.2, 0.25) is 0 Å². The van der Waals surface area contributed by atoms with Crippen LogP contribution in [-0.4, -0.2) is 29.8 Å². The molecule has 0 N–H and O–H groups in total. The van der Waals surface area contributed by atoms with Crippen LogP contribution in [0, 0.1) is 0 Å². The molecule has 0 bridgehead atoms. The number of benzene rings is 2. The first-order valence-electron chi connectivity index (χ1n) is 12.2. The Bertz CT molecular complexity index is 906. The van der Waals surface area contributed by atoms with E-state index in [1.807, 2.05) is 72.5 Å². The van der Waals surface area contributed by atoms with Crippen LogP contribution in [0.15, 0.2) is 66.4 Å². The van der Waals surface area contributed by atoms with E-state index in [-0.39, 0.29) is 11.8 Å². The molecule has 3 rings (SSSR count). The molecule has 0 saturated carbocycles. The average molecular weight is 433 g/mol. The number of amides is 2. The molecule has 32 heavy (non-hydrogen) atoms. The lowest BCUT2D eigenvalue weighted by Crippen LogP contribution is -2.36. The molecule has 0 saturated heterocycles. The highest BCUT2D eigenvalue weighted by Crippen LogP contribution is 2.34. The number of anilines is 1. The van der Waals surface area contributed by atoms with E-state index in [0.29, 0.717) is 24.4 Å². The van der Waals surface area contributed by atoms with E-state index in [0.717, 1.165) is 30.5 Å². The van der Waals surface area contributed by atoms with Crippen molar-refractivity contribution in [3.63, 3.8) is 0 Å². The molecule has 2 aromatic carbocycles. The lowest BCUT2D eigenvalue weighted by molar-refractivity contribution is -0.137. The van der Waals surface area contributed by atoms with Crippen molar-refractivity contribution in [2.24, 2.45) is 0 Å². The van der Waals surface area contributed by atoms with Crippen LogP contribution in [0.25, 0.3) is 5.57 Å². The average Bonchev–Trinajstić information content (AvgIpc) is 3.07. The summed E-state index contributed by atoms with van der Waals surface area (Å²) in [4.78, 5) is 30.4. The first-order chi connectivity index (χ1) is 15.7. The number of hydrogen-bond donors (Lipinski definition) is 0. The molecule has 0 unspecified atom stereocenters. The fourth-order valence-corrected chi connectivity index (χ4v) is 4.36. The van der Waals surface area contributed by atoms with E-state index in [9.17, 15) is 9.59 Å². The van der Waals surface area contributed by atoms with Crippen molar-refractivity contribution in [2.75, 3.05) is 18.0 Å². The summed E-state index contributed by atoms with van der Waals surface area (Å²) in [5.41, 5.74) is 2.73. The summed E-state index contributed by atoms with van der Waals surface area (Å²) >= 11 is 0. The molecule has 0 atom stereocenters. The van der Waals surface area contributed by atoms with Crippen molar-refractivity contribution < 1.29 is 9.59 Å². The van der Waals surface area contributed by atoms with Crippen LogP contribution in [0.4, 0.5) is 5.69 Å². The number of carbonyl (C=O) groups excluding carboxylic acids is 2. The number of para-hydroxylation sites is 1. The molecule has 2 amide bonds. The van der Waals surface area contributed by atoms with Gasteiger partial charge in [0.15, 0.2) is 0 Å². The summed E-state index contributed by atoms with van der Waals surface area (Å²) in [6.45, 7) is 5.34. The molecule has 1 aliphatic heterocycles. The quantitative estimate of drug-likeness (QED) is 0.270. The van der Waals surface area contributed by atoms with Crippen LogP contribution in [0.1, 0.15) is 70.8 Å². The molecule has 2 aromatic rings. The highest BCUT2D eigenvalue weighted by molar-refractivity contribution is 6.36. The van der Waals surface area contributed by atoms with E-state index < -0.39 is 0 Å². The summed E-state index contributed by atoms with van der Waals surface area (Å²) in [6, 6.07) is 19.4. The van der Waals surface area contributed by atoms with Gasteiger partial charge in [0.1, 0.15) is 5.70 Å². The predicted octanol–water partition coefficient (Wildman–Crippen LogP) is 6.43. The molecule has 0 fully saturated rings. The minimum Gasteiger partial charge on any atom is -0.337 e. The van der Waals surface area contributed by atoms with Gasteiger partial charge in [-0.2, -0.15) is 0 Å². The smallest absolute Gasteiger partial charge is 0.278 e. The van der Waals surface area contributed by atoms with Gasteiger partial charge in [0, 0.05) is 18.8 Å². The predicted molar refractivity (Wildman–Crippen MR) is 132 cm³/mol. The van der Waals surface area contributed by atoms with Crippen LogP contribution in [0.3, 0.4) is 0 Å². The highest BCUT2D eigenvalue weighted by atomic mass is 16.2. The van der Waals surface area contributed by atoms with E-state index in [1.54, 1.807) is 0 Å². The van der Waals surface area contributed by atoms with Crippen LogP contribution in [-0.2, 0) is 9.59 Å². The third-order valence-electron chi connectivity index (χ3n) is 6.10. The Balaban J connectivity index is 1.76. The third-order valence-corrected chi connectivity index (χ3v) is 6.10. The van der Waals surface area contributed by atoms with Gasteiger partial charge in [0.05, 0.1) is 5.57 Å². The summed E-state index contributed by atoms with van der Waals surface area (Å²) in [5.74, 6) is -0.351. The molecule has 170 valence electrons. The molecular weight excluding hydrogens is 396 g/mol. The number of nitrogens with zero attached hydrogens (tertiary/aromatic N) is 2. The molecule has 4 nitrogen and oxygen atoms in total. The fraction of sp³-hybridized carbons (Fsp3) is 0.429. The zero-order valence-corrected chi connectivity index (χ0v) is 19.6. The molecule has 1 heterocycles. The SMILES string of the molecule is CCCCCCCCCCN1C(=O)C(c2ccccc2)=C(N(CC)c2ccccc2)C1=O. The first-order valence-corrected chi connectivity index (χ1v) is 12.2. The second kappa shape index (κ2) is 12.2. The number of imide groups is 1. The Morgan fingerprint density at radius 1 is 0.688 bits per heavy atom. The minimum absolute atomic E-state index is 0.173. The van der Waals surface area contributed by atoms with E-state index in [2.05, 4.69) is 6.92 Å².